The Balaban J connectivity index is 2.24. The predicted octanol–water partition coefficient (Wildman–Crippen LogP) is 3.01. The van der Waals surface area contributed by atoms with E-state index in [1.54, 1.807) is 0 Å². The summed E-state index contributed by atoms with van der Waals surface area (Å²) in [4.78, 5) is 10.5. The summed E-state index contributed by atoms with van der Waals surface area (Å²) < 4.78 is 0. The van der Waals surface area contributed by atoms with Crippen molar-refractivity contribution < 1.29 is 9.90 Å². The van der Waals surface area contributed by atoms with Gasteiger partial charge >= 0.3 is 5.97 Å². The van der Waals surface area contributed by atoms with Gasteiger partial charge in [-0.25, -0.2) is 0 Å². The third-order valence-corrected chi connectivity index (χ3v) is 3.12. The maximum Gasteiger partial charge on any atom is 0.303 e. The summed E-state index contributed by atoms with van der Waals surface area (Å²) in [6.45, 7) is 2.06. The first-order valence-corrected chi connectivity index (χ1v) is 6.04. The van der Waals surface area contributed by atoms with Gasteiger partial charge in [-0.1, -0.05) is 35.9 Å². The van der Waals surface area contributed by atoms with Crippen LogP contribution < -0.4 is 5.73 Å². The van der Waals surface area contributed by atoms with Gasteiger partial charge in [-0.15, -0.1) is 0 Å². The molecule has 0 aromatic heterocycles. The largest absolute Gasteiger partial charge is 0.481 e. The van der Waals surface area contributed by atoms with E-state index in [-0.39, 0.29) is 12.5 Å². The highest BCUT2D eigenvalue weighted by Crippen LogP contribution is 2.22. The lowest BCUT2D eigenvalue weighted by Gasteiger charge is -2.11. The van der Waals surface area contributed by atoms with Crippen LogP contribution in [0.5, 0.6) is 0 Å². The molecule has 0 amide bonds. The minimum absolute atomic E-state index is 0.104. The van der Waals surface area contributed by atoms with Crippen molar-refractivity contribution >= 4 is 16.7 Å². The van der Waals surface area contributed by atoms with Crippen molar-refractivity contribution in [2.45, 2.75) is 25.8 Å². The molecule has 1 atom stereocenters. The van der Waals surface area contributed by atoms with Crippen molar-refractivity contribution in [2.24, 2.45) is 5.73 Å². The number of fused-ring (bicyclic) bond motifs is 1. The molecule has 0 spiro atoms. The number of hydrogen-bond acceptors (Lipinski definition) is 2. The molecule has 0 saturated heterocycles. The van der Waals surface area contributed by atoms with E-state index >= 15 is 0 Å². The molecule has 0 heterocycles. The fourth-order valence-corrected chi connectivity index (χ4v) is 2.06. The van der Waals surface area contributed by atoms with Gasteiger partial charge in [0.2, 0.25) is 0 Å². The van der Waals surface area contributed by atoms with Crippen molar-refractivity contribution in [3.05, 3.63) is 47.5 Å². The van der Waals surface area contributed by atoms with Crippen LogP contribution in [0.2, 0.25) is 0 Å². The Morgan fingerprint density at radius 1 is 1.22 bits per heavy atom. The Bertz CT molecular complexity index is 578. The Kier molecular flexibility index (Phi) is 3.63. The molecule has 0 aliphatic rings. The van der Waals surface area contributed by atoms with E-state index < -0.39 is 5.97 Å². The van der Waals surface area contributed by atoms with Gasteiger partial charge in [0, 0.05) is 12.5 Å². The molecular weight excluding hydrogens is 226 g/mol. The second-order valence-electron chi connectivity index (χ2n) is 4.65. The van der Waals surface area contributed by atoms with Crippen molar-refractivity contribution in [1.29, 1.82) is 0 Å². The van der Waals surface area contributed by atoms with Crippen LogP contribution in [0.1, 0.15) is 30.0 Å². The molecule has 0 bridgehead atoms. The molecule has 2 aromatic carbocycles. The van der Waals surface area contributed by atoms with Gasteiger partial charge in [-0.2, -0.15) is 0 Å². The molecule has 1 unspecified atom stereocenters. The van der Waals surface area contributed by atoms with Gasteiger partial charge in [0.25, 0.3) is 0 Å². The molecule has 0 fully saturated rings. The topological polar surface area (TPSA) is 63.3 Å². The first-order chi connectivity index (χ1) is 8.56. The molecule has 2 rings (SSSR count). The molecule has 0 aliphatic carbocycles. The zero-order valence-corrected chi connectivity index (χ0v) is 10.4. The molecule has 18 heavy (non-hydrogen) atoms. The van der Waals surface area contributed by atoms with Crippen LogP contribution in [-0.2, 0) is 4.79 Å². The Morgan fingerprint density at radius 2 is 1.89 bits per heavy atom. The van der Waals surface area contributed by atoms with Crippen LogP contribution in [0.4, 0.5) is 0 Å². The molecule has 3 nitrogen and oxygen atoms in total. The quantitative estimate of drug-likeness (QED) is 0.867. The van der Waals surface area contributed by atoms with Crippen LogP contribution in [0, 0.1) is 6.92 Å². The van der Waals surface area contributed by atoms with Crippen LogP contribution in [0.25, 0.3) is 10.8 Å². The van der Waals surface area contributed by atoms with E-state index in [2.05, 4.69) is 25.1 Å². The molecule has 0 radical (unpaired) electrons. The smallest absolute Gasteiger partial charge is 0.303 e. The van der Waals surface area contributed by atoms with Crippen molar-refractivity contribution in [1.82, 2.24) is 0 Å². The summed E-state index contributed by atoms with van der Waals surface area (Å²) in [5.41, 5.74) is 8.22. The zero-order valence-electron chi connectivity index (χ0n) is 10.4. The molecule has 0 saturated carbocycles. The number of aryl methyl sites for hydroxylation is 1. The second kappa shape index (κ2) is 5.19. The predicted molar refractivity (Wildman–Crippen MR) is 72.5 cm³/mol. The summed E-state index contributed by atoms with van der Waals surface area (Å²) in [6.07, 6.45) is 0.569. The highest BCUT2D eigenvalue weighted by molar-refractivity contribution is 5.83. The average Bonchev–Trinajstić information content (AvgIpc) is 2.35. The first-order valence-electron chi connectivity index (χ1n) is 6.04. The minimum atomic E-state index is -0.804. The van der Waals surface area contributed by atoms with Gasteiger partial charge in [-0.3, -0.25) is 4.79 Å². The lowest BCUT2D eigenvalue weighted by atomic mass is 9.98. The van der Waals surface area contributed by atoms with Gasteiger partial charge < -0.3 is 10.8 Å². The lowest BCUT2D eigenvalue weighted by Crippen LogP contribution is -2.12. The van der Waals surface area contributed by atoms with E-state index in [1.807, 2.05) is 18.2 Å². The van der Waals surface area contributed by atoms with E-state index in [9.17, 15) is 4.79 Å². The Morgan fingerprint density at radius 3 is 2.61 bits per heavy atom. The normalized spacial score (nSPS) is 12.6. The molecule has 2 aromatic rings. The van der Waals surface area contributed by atoms with Gasteiger partial charge in [0.1, 0.15) is 0 Å². The van der Waals surface area contributed by atoms with E-state index in [1.165, 1.54) is 10.9 Å². The molecule has 94 valence electrons. The minimum Gasteiger partial charge on any atom is -0.481 e. The third kappa shape index (κ3) is 2.87. The maximum atomic E-state index is 10.5. The number of rotatable bonds is 4. The standard InChI is InChI=1S/C15H17NO2/c1-10-2-3-12-9-13(5-4-11(12)8-10)14(16)6-7-15(17)18/h2-5,8-9,14H,6-7,16H2,1H3,(H,17,18). The number of nitrogens with two attached hydrogens (primary N) is 1. The Labute approximate surface area is 106 Å². The first kappa shape index (κ1) is 12.6. The molecule has 3 heteroatoms. The van der Waals surface area contributed by atoms with Crippen molar-refractivity contribution in [3.8, 4) is 0 Å². The van der Waals surface area contributed by atoms with E-state index in [0.717, 1.165) is 10.9 Å². The van der Waals surface area contributed by atoms with Crippen molar-refractivity contribution in [3.63, 3.8) is 0 Å². The second-order valence-corrected chi connectivity index (χ2v) is 4.65. The monoisotopic (exact) mass is 243 g/mol. The number of carboxylic acids is 1. The zero-order chi connectivity index (χ0) is 13.1. The molecular formula is C15H17NO2. The number of benzene rings is 2. The average molecular weight is 243 g/mol. The summed E-state index contributed by atoms with van der Waals surface area (Å²) in [6, 6.07) is 12.1. The van der Waals surface area contributed by atoms with Crippen LogP contribution in [-0.4, -0.2) is 11.1 Å². The number of aliphatic carboxylic acids is 1. The van der Waals surface area contributed by atoms with Gasteiger partial charge in [0.05, 0.1) is 0 Å². The summed E-state index contributed by atoms with van der Waals surface area (Å²) in [7, 11) is 0. The van der Waals surface area contributed by atoms with Crippen LogP contribution >= 0.6 is 0 Å². The SMILES string of the molecule is Cc1ccc2cc(C(N)CCC(=O)O)ccc2c1. The summed E-state index contributed by atoms with van der Waals surface area (Å²) in [5, 5.41) is 11.0. The molecule has 0 aliphatic heterocycles. The van der Waals surface area contributed by atoms with Crippen LogP contribution in [0.15, 0.2) is 36.4 Å². The maximum absolute atomic E-state index is 10.5. The number of carboxylic acid groups (broad SMARTS) is 1. The summed E-state index contributed by atoms with van der Waals surface area (Å²) in [5.74, 6) is -0.804. The fourth-order valence-electron chi connectivity index (χ4n) is 2.06. The number of carbonyl (C=O) groups is 1. The highest BCUT2D eigenvalue weighted by Gasteiger charge is 2.09. The number of hydrogen-bond donors (Lipinski definition) is 2. The third-order valence-electron chi connectivity index (χ3n) is 3.12. The summed E-state index contributed by atoms with van der Waals surface area (Å²) >= 11 is 0. The molecule has 3 N–H and O–H groups in total. The van der Waals surface area contributed by atoms with Gasteiger partial charge in [-0.05, 0) is 35.7 Å². The lowest BCUT2D eigenvalue weighted by molar-refractivity contribution is -0.137. The Hall–Kier alpha value is -1.87. The fraction of sp³-hybridized carbons (Fsp3) is 0.267. The van der Waals surface area contributed by atoms with E-state index in [0.29, 0.717) is 6.42 Å². The van der Waals surface area contributed by atoms with Crippen molar-refractivity contribution in [2.75, 3.05) is 0 Å². The highest BCUT2D eigenvalue weighted by atomic mass is 16.4. The van der Waals surface area contributed by atoms with E-state index in [4.69, 9.17) is 10.8 Å². The van der Waals surface area contributed by atoms with Crippen LogP contribution in [0.3, 0.4) is 0 Å². The van der Waals surface area contributed by atoms with Gasteiger partial charge in [0.15, 0.2) is 0 Å².